The molecule has 28 heavy (non-hydrogen) atoms. The van der Waals surface area contributed by atoms with E-state index in [-0.39, 0.29) is 5.91 Å². The molecule has 0 aliphatic carbocycles. The first-order valence-electron chi connectivity index (χ1n) is 9.78. The number of ether oxygens (including phenoxy) is 1. The summed E-state index contributed by atoms with van der Waals surface area (Å²) in [7, 11) is 0. The maximum absolute atomic E-state index is 13.2. The molecule has 0 bridgehead atoms. The molecule has 4 rings (SSSR count). The van der Waals surface area contributed by atoms with Crippen molar-refractivity contribution in [2.24, 2.45) is 5.92 Å². The van der Waals surface area contributed by atoms with Crippen LogP contribution >= 0.6 is 0 Å². The van der Waals surface area contributed by atoms with Crippen LogP contribution in [0.15, 0.2) is 60.9 Å². The molecule has 1 aliphatic rings. The Labute approximate surface area is 165 Å². The molecule has 1 aliphatic heterocycles. The van der Waals surface area contributed by atoms with Crippen LogP contribution in [0.4, 0.5) is 0 Å². The number of imidazole rings is 1. The largest absolute Gasteiger partial charge is 0.493 e. The summed E-state index contributed by atoms with van der Waals surface area (Å²) in [6, 6.07) is 15.8. The van der Waals surface area contributed by atoms with Gasteiger partial charge in [-0.2, -0.15) is 0 Å². The highest BCUT2D eigenvalue weighted by Crippen LogP contribution is 2.25. The van der Waals surface area contributed by atoms with Gasteiger partial charge in [-0.25, -0.2) is 4.98 Å². The van der Waals surface area contributed by atoms with Crippen LogP contribution in [0.3, 0.4) is 0 Å². The lowest BCUT2D eigenvalue weighted by molar-refractivity contribution is 0.0634. The first-order valence-corrected chi connectivity index (χ1v) is 9.78. The van der Waals surface area contributed by atoms with Crippen LogP contribution < -0.4 is 4.74 Å². The predicted molar refractivity (Wildman–Crippen MR) is 109 cm³/mol. The fourth-order valence-corrected chi connectivity index (χ4v) is 3.69. The number of hydrogen-bond donors (Lipinski definition) is 1. The van der Waals surface area contributed by atoms with Crippen molar-refractivity contribution in [3.8, 4) is 17.1 Å². The highest BCUT2D eigenvalue weighted by atomic mass is 16.5. The number of nitrogens with zero attached hydrogens (tertiary/aromatic N) is 2. The Morgan fingerprint density at radius 2 is 2.04 bits per heavy atom. The van der Waals surface area contributed by atoms with Crippen LogP contribution in [-0.2, 0) is 0 Å². The Bertz CT molecular complexity index is 919. The summed E-state index contributed by atoms with van der Waals surface area (Å²) in [5.41, 5.74) is 2.75. The number of rotatable bonds is 5. The molecule has 2 aromatic carbocycles. The Hall–Kier alpha value is -3.08. The fourth-order valence-electron chi connectivity index (χ4n) is 3.69. The predicted octanol–water partition coefficient (Wildman–Crippen LogP) is 4.32. The number of aryl methyl sites for hydroxylation is 1. The monoisotopic (exact) mass is 375 g/mol. The summed E-state index contributed by atoms with van der Waals surface area (Å²) in [4.78, 5) is 22.6. The van der Waals surface area contributed by atoms with E-state index in [2.05, 4.69) is 29.0 Å². The van der Waals surface area contributed by atoms with Gasteiger partial charge in [-0.05, 0) is 38.0 Å². The quantitative estimate of drug-likeness (QED) is 0.723. The van der Waals surface area contributed by atoms with Crippen molar-refractivity contribution in [2.75, 3.05) is 19.7 Å². The zero-order chi connectivity index (χ0) is 19.3. The molecule has 0 radical (unpaired) electrons. The van der Waals surface area contributed by atoms with Gasteiger partial charge in [-0.15, -0.1) is 0 Å². The average Bonchev–Trinajstić information content (AvgIpc) is 3.28. The second-order valence-corrected chi connectivity index (χ2v) is 7.37. The molecule has 5 nitrogen and oxygen atoms in total. The van der Waals surface area contributed by atoms with Gasteiger partial charge in [-0.1, -0.05) is 35.9 Å². The van der Waals surface area contributed by atoms with E-state index in [0.29, 0.717) is 18.1 Å². The number of nitrogens with one attached hydrogen (secondary N) is 1. The van der Waals surface area contributed by atoms with E-state index in [1.54, 1.807) is 12.4 Å². The van der Waals surface area contributed by atoms with Gasteiger partial charge in [0.15, 0.2) is 0 Å². The van der Waals surface area contributed by atoms with Crippen LogP contribution in [0.25, 0.3) is 11.4 Å². The van der Waals surface area contributed by atoms with Crippen LogP contribution in [-0.4, -0.2) is 40.5 Å². The van der Waals surface area contributed by atoms with Gasteiger partial charge in [0.05, 0.1) is 12.2 Å². The Morgan fingerprint density at radius 1 is 1.21 bits per heavy atom. The smallest absolute Gasteiger partial charge is 0.254 e. The van der Waals surface area contributed by atoms with Crippen LogP contribution in [0.5, 0.6) is 5.75 Å². The molecule has 1 amide bonds. The lowest BCUT2D eigenvalue weighted by Crippen LogP contribution is -2.41. The molecule has 0 unspecified atom stereocenters. The van der Waals surface area contributed by atoms with E-state index in [1.165, 1.54) is 5.56 Å². The summed E-state index contributed by atoms with van der Waals surface area (Å²) in [5.74, 6) is 2.01. The second-order valence-electron chi connectivity index (χ2n) is 7.37. The minimum Gasteiger partial charge on any atom is -0.493 e. The molecule has 1 aromatic heterocycles. The van der Waals surface area contributed by atoms with Crippen molar-refractivity contribution in [3.05, 3.63) is 72.1 Å². The standard InChI is InChI=1S/C23H25N3O2/c1-17-8-10-19(11-9-17)28-16-18-5-4-14-26(15-18)23(27)21-7-3-2-6-20(21)22-24-12-13-25-22/h2-3,6-13,18H,4-5,14-16H2,1H3,(H,24,25)/t18-/m0/s1. The zero-order valence-corrected chi connectivity index (χ0v) is 16.1. The van der Waals surface area contributed by atoms with Crippen molar-refractivity contribution in [2.45, 2.75) is 19.8 Å². The topological polar surface area (TPSA) is 58.2 Å². The number of carbonyl (C=O) groups excluding carboxylic acids is 1. The number of likely N-dealkylation sites (tertiary alicyclic amines) is 1. The molecular weight excluding hydrogens is 350 g/mol. The van der Waals surface area contributed by atoms with Crippen LogP contribution in [0.1, 0.15) is 28.8 Å². The first-order chi connectivity index (χ1) is 13.7. The minimum absolute atomic E-state index is 0.0621. The summed E-state index contributed by atoms with van der Waals surface area (Å²) >= 11 is 0. The van der Waals surface area contributed by atoms with Crippen LogP contribution in [0, 0.1) is 12.8 Å². The van der Waals surface area contributed by atoms with Crippen molar-refractivity contribution in [1.82, 2.24) is 14.9 Å². The third-order valence-electron chi connectivity index (χ3n) is 5.22. The summed E-state index contributed by atoms with van der Waals surface area (Å²) < 4.78 is 5.96. The lowest BCUT2D eigenvalue weighted by Gasteiger charge is -2.33. The second kappa shape index (κ2) is 8.30. The maximum Gasteiger partial charge on any atom is 0.254 e. The molecule has 0 spiro atoms. The van der Waals surface area contributed by atoms with E-state index in [4.69, 9.17) is 4.74 Å². The maximum atomic E-state index is 13.2. The lowest BCUT2D eigenvalue weighted by atomic mass is 9.97. The molecular formula is C23H25N3O2. The Morgan fingerprint density at radius 3 is 2.82 bits per heavy atom. The van der Waals surface area contributed by atoms with Crippen molar-refractivity contribution in [1.29, 1.82) is 0 Å². The van der Waals surface area contributed by atoms with Gasteiger partial charge in [0, 0.05) is 37.0 Å². The molecule has 1 fully saturated rings. The van der Waals surface area contributed by atoms with E-state index in [1.807, 2.05) is 41.3 Å². The third-order valence-corrected chi connectivity index (χ3v) is 5.22. The Balaban J connectivity index is 1.43. The first kappa shape index (κ1) is 18.3. The van der Waals surface area contributed by atoms with E-state index < -0.39 is 0 Å². The number of benzene rings is 2. The third kappa shape index (κ3) is 4.09. The van der Waals surface area contributed by atoms with Gasteiger partial charge in [0.1, 0.15) is 11.6 Å². The summed E-state index contributed by atoms with van der Waals surface area (Å²) in [6.07, 6.45) is 5.55. The Kier molecular flexibility index (Phi) is 5.42. The summed E-state index contributed by atoms with van der Waals surface area (Å²) in [6.45, 7) is 4.20. The molecule has 1 N–H and O–H groups in total. The van der Waals surface area contributed by atoms with Crippen molar-refractivity contribution >= 4 is 5.91 Å². The molecule has 5 heteroatoms. The van der Waals surface area contributed by atoms with Gasteiger partial charge in [0.2, 0.25) is 0 Å². The summed E-state index contributed by atoms with van der Waals surface area (Å²) in [5, 5.41) is 0. The van der Waals surface area contributed by atoms with E-state index >= 15 is 0 Å². The molecule has 2 heterocycles. The van der Waals surface area contributed by atoms with Gasteiger partial charge in [-0.3, -0.25) is 4.79 Å². The minimum atomic E-state index is 0.0621. The number of hydrogen-bond acceptors (Lipinski definition) is 3. The number of carbonyl (C=O) groups is 1. The highest BCUT2D eigenvalue weighted by Gasteiger charge is 2.26. The molecule has 0 saturated carbocycles. The number of H-pyrrole nitrogens is 1. The fraction of sp³-hybridized carbons (Fsp3) is 0.304. The zero-order valence-electron chi connectivity index (χ0n) is 16.1. The number of amides is 1. The highest BCUT2D eigenvalue weighted by molar-refractivity contribution is 6.00. The normalized spacial score (nSPS) is 16.8. The number of aromatic amines is 1. The van der Waals surface area contributed by atoms with Gasteiger partial charge in [0.25, 0.3) is 5.91 Å². The number of aromatic nitrogens is 2. The number of piperidine rings is 1. The van der Waals surface area contributed by atoms with E-state index in [9.17, 15) is 4.79 Å². The molecule has 3 aromatic rings. The SMILES string of the molecule is Cc1ccc(OC[C@H]2CCCN(C(=O)c3ccccc3-c3ncc[nH]3)C2)cc1. The van der Waals surface area contributed by atoms with Crippen molar-refractivity contribution < 1.29 is 9.53 Å². The van der Waals surface area contributed by atoms with Crippen molar-refractivity contribution in [3.63, 3.8) is 0 Å². The van der Waals surface area contributed by atoms with E-state index in [0.717, 1.165) is 43.1 Å². The molecule has 144 valence electrons. The average molecular weight is 375 g/mol. The molecule has 1 atom stereocenters. The van der Waals surface area contributed by atoms with Gasteiger partial charge >= 0.3 is 0 Å². The van der Waals surface area contributed by atoms with Crippen LogP contribution in [0.2, 0.25) is 0 Å². The molecule has 1 saturated heterocycles. The van der Waals surface area contributed by atoms with Gasteiger partial charge < -0.3 is 14.6 Å².